The molecule has 0 spiro atoms. The second-order valence-corrected chi connectivity index (χ2v) is 5.75. The van der Waals surface area contributed by atoms with E-state index in [0.29, 0.717) is 16.9 Å². The van der Waals surface area contributed by atoms with Crippen molar-refractivity contribution in [3.05, 3.63) is 69.3 Å². The van der Waals surface area contributed by atoms with Crippen molar-refractivity contribution >= 4 is 11.7 Å². The minimum atomic E-state index is -0.522. The molecule has 24 heavy (non-hydrogen) atoms. The summed E-state index contributed by atoms with van der Waals surface area (Å²) in [6.45, 7) is 3.77. The first-order valence-corrected chi connectivity index (χ1v) is 8.07. The van der Waals surface area contributed by atoms with Crippen LogP contribution in [0.5, 0.6) is 5.75 Å². The van der Waals surface area contributed by atoms with Gasteiger partial charge in [-0.25, -0.2) is 4.79 Å². The Morgan fingerprint density at radius 3 is 2.42 bits per heavy atom. The van der Waals surface area contributed by atoms with E-state index in [1.807, 2.05) is 12.1 Å². The number of nitro groups is 1. The van der Waals surface area contributed by atoms with Gasteiger partial charge in [0.05, 0.1) is 10.5 Å². The first-order chi connectivity index (χ1) is 11.5. The van der Waals surface area contributed by atoms with Crippen LogP contribution in [0.3, 0.4) is 0 Å². The molecule has 0 aliphatic carbocycles. The Morgan fingerprint density at radius 1 is 1.12 bits per heavy atom. The molecule has 5 nitrogen and oxygen atoms in total. The Hall–Kier alpha value is -2.69. The standard InChI is InChI=1S/C19H21NO4/c1-3-4-5-6-15-7-10-17(11-8-15)24-19(21)16-9-12-18(20(22)23)14(2)13-16/h7-13H,3-6H2,1-2H3. The number of esters is 1. The van der Waals surface area contributed by atoms with Crippen molar-refractivity contribution < 1.29 is 14.5 Å². The highest BCUT2D eigenvalue weighted by molar-refractivity contribution is 5.91. The fourth-order valence-corrected chi connectivity index (χ4v) is 2.46. The van der Waals surface area contributed by atoms with Crippen LogP contribution in [0.2, 0.25) is 0 Å². The summed E-state index contributed by atoms with van der Waals surface area (Å²) in [5.74, 6) is -0.0537. The largest absolute Gasteiger partial charge is 0.423 e. The van der Waals surface area contributed by atoms with Gasteiger partial charge in [-0.1, -0.05) is 31.9 Å². The first-order valence-electron chi connectivity index (χ1n) is 8.07. The molecule has 0 aliphatic heterocycles. The molecule has 0 atom stereocenters. The number of unbranched alkanes of at least 4 members (excludes halogenated alkanes) is 2. The molecule has 0 heterocycles. The van der Waals surface area contributed by atoms with Crippen LogP contribution in [0.25, 0.3) is 0 Å². The fraction of sp³-hybridized carbons (Fsp3) is 0.316. The number of carbonyl (C=O) groups is 1. The molecular weight excluding hydrogens is 306 g/mol. The van der Waals surface area contributed by atoms with E-state index in [1.165, 1.54) is 36.6 Å². The number of ether oxygens (including phenoxy) is 1. The number of carbonyl (C=O) groups excluding carboxylic acids is 1. The predicted octanol–water partition coefficient (Wildman–Crippen LogP) is 4.86. The van der Waals surface area contributed by atoms with Crippen LogP contribution in [0.1, 0.15) is 47.7 Å². The third-order valence-electron chi connectivity index (χ3n) is 3.83. The molecule has 2 rings (SSSR count). The summed E-state index contributed by atoms with van der Waals surface area (Å²) in [6, 6.07) is 11.7. The van der Waals surface area contributed by atoms with Gasteiger partial charge in [0.15, 0.2) is 0 Å². The number of rotatable bonds is 7. The Bertz CT molecular complexity index is 723. The monoisotopic (exact) mass is 327 g/mol. The van der Waals surface area contributed by atoms with Crippen molar-refractivity contribution in [2.24, 2.45) is 0 Å². The molecule has 2 aromatic carbocycles. The van der Waals surface area contributed by atoms with Crippen LogP contribution in [0.4, 0.5) is 5.69 Å². The molecule has 0 unspecified atom stereocenters. The molecule has 5 heteroatoms. The van der Waals surface area contributed by atoms with Gasteiger partial charge in [-0.2, -0.15) is 0 Å². The maximum atomic E-state index is 12.2. The van der Waals surface area contributed by atoms with E-state index in [4.69, 9.17) is 4.74 Å². The maximum absolute atomic E-state index is 12.2. The lowest BCUT2D eigenvalue weighted by Crippen LogP contribution is -2.09. The molecule has 0 radical (unpaired) electrons. The lowest BCUT2D eigenvalue weighted by molar-refractivity contribution is -0.385. The van der Waals surface area contributed by atoms with E-state index < -0.39 is 10.9 Å². The summed E-state index contributed by atoms with van der Waals surface area (Å²) in [7, 11) is 0. The summed E-state index contributed by atoms with van der Waals surface area (Å²) in [6.07, 6.45) is 4.56. The van der Waals surface area contributed by atoms with Crippen LogP contribution in [0, 0.1) is 17.0 Å². The molecule has 0 fully saturated rings. The Balaban J connectivity index is 2.01. The average molecular weight is 327 g/mol. The van der Waals surface area contributed by atoms with Crippen molar-refractivity contribution in [2.75, 3.05) is 0 Å². The van der Waals surface area contributed by atoms with Crippen LogP contribution >= 0.6 is 0 Å². The quantitative estimate of drug-likeness (QED) is 0.239. The summed E-state index contributed by atoms with van der Waals surface area (Å²) >= 11 is 0. The zero-order chi connectivity index (χ0) is 17.5. The van der Waals surface area contributed by atoms with Crippen LogP contribution in [-0.4, -0.2) is 10.9 Å². The van der Waals surface area contributed by atoms with Crippen molar-refractivity contribution in [3.8, 4) is 5.75 Å². The zero-order valence-corrected chi connectivity index (χ0v) is 14.0. The molecule has 2 aromatic rings. The summed E-state index contributed by atoms with van der Waals surface area (Å²) in [5.41, 5.74) is 1.93. The van der Waals surface area contributed by atoms with Gasteiger partial charge in [0, 0.05) is 11.6 Å². The normalized spacial score (nSPS) is 10.4. The molecule has 0 aromatic heterocycles. The van der Waals surface area contributed by atoms with Crippen molar-refractivity contribution in [1.29, 1.82) is 0 Å². The number of hydrogen-bond donors (Lipinski definition) is 0. The van der Waals surface area contributed by atoms with Gasteiger partial charge >= 0.3 is 5.97 Å². The highest BCUT2D eigenvalue weighted by atomic mass is 16.6. The van der Waals surface area contributed by atoms with Gasteiger partial charge in [0.25, 0.3) is 5.69 Å². The summed E-state index contributed by atoms with van der Waals surface area (Å²) in [4.78, 5) is 22.5. The van der Waals surface area contributed by atoms with Crippen LogP contribution in [0.15, 0.2) is 42.5 Å². The number of nitrogens with zero attached hydrogens (tertiary/aromatic N) is 1. The minimum absolute atomic E-state index is 0.0111. The number of aryl methyl sites for hydroxylation is 2. The van der Waals surface area contributed by atoms with Gasteiger partial charge in [-0.05, 0) is 49.6 Å². The van der Waals surface area contributed by atoms with Gasteiger partial charge in [0.2, 0.25) is 0 Å². The van der Waals surface area contributed by atoms with E-state index in [-0.39, 0.29) is 5.69 Å². The van der Waals surface area contributed by atoms with Crippen molar-refractivity contribution in [2.45, 2.75) is 39.5 Å². The van der Waals surface area contributed by atoms with E-state index in [2.05, 4.69) is 6.92 Å². The molecule has 0 saturated heterocycles. The molecule has 0 bridgehead atoms. The fourth-order valence-electron chi connectivity index (χ4n) is 2.46. The minimum Gasteiger partial charge on any atom is -0.423 e. The SMILES string of the molecule is CCCCCc1ccc(OC(=O)c2ccc([N+](=O)[O-])c(C)c2)cc1. The maximum Gasteiger partial charge on any atom is 0.343 e. The molecular formula is C19H21NO4. The van der Waals surface area contributed by atoms with E-state index in [9.17, 15) is 14.9 Å². The average Bonchev–Trinajstić information content (AvgIpc) is 2.56. The molecule has 126 valence electrons. The van der Waals surface area contributed by atoms with E-state index >= 15 is 0 Å². The third-order valence-corrected chi connectivity index (χ3v) is 3.83. The van der Waals surface area contributed by atoms with Gasteiger partial charge in [0.1, 0.15) is 5.75 Å². The van der Waals surface area contributed by atoms with Crippen molar-refractivity contribution in [1.82, 2.24) is 0 Å². The van der Waals surface area contributed by atoms with Crippen LogP contribution < -0.4 is 4.74 Å². The highest BCUT2D eigenvalue weighted by Gasteiger charge is 2.15. The summed E-state index contributed by atoms with van der Waals surface area (Å²) in [5, 5.41) is 10.8. The van der Waals surface area contributed by atoms with Crippen LogP contribution in [-0.2, 0) is 6.42 Å². The predicted molar refractivity (Wildman–Crippen MR) is 92.5 cm³/mol. The topological polar surface area (TPSA) is 69.4 Å². The second kappa shape index (κ2) is 8.24. The van der Waals surface area contributed by atoms with Gasteiger partial charge in [-0.3, -0.25) is 10.1 Å². The summed E-state index contributed by atoms with van der Waals surface area (Å²) < 4.78 is 5.33. The second-order valence-electron chi connectivity index (χ2n) is 5.75. The molecule has 0 saturated carbocycles. The van der Waals surface area contributed by atoms with Gasteiger partial charge < -0.3 is 4.74 Å². The lowest BCUT2D eigenvalue weighted by atomic mass is 10.1. The Kier molecular flexibility index (Phi) is 6.07. The third kappa shape index (κ3) is 4.65. The Labute approximate surface area is 141 Å². The lowest BCUT2D eigenvalue weighted by Gasteiger charge is -2.07. The molecule has 0 amide bonds. The number of nitro benzene ring substituents is 1. The van der Waals surface area contributed by atoms with Gasteiger partial charge in [-0.15, -0.1) is 0 Å². The zero-order valence-electron chi connectivity index (χ0n) is 14.0. The highest BCUT2D eigenvalue weighted by Crippen LogP contribution is 2.21. The van der Waals surface area contributed by atoms with E-state index in [1.54, 1.807) is 19.1 Å². The van der Waals surface area contributed by atoms with E-state index in [0.717, 1.165) is 12.8 Å². The number of benzene rings is 2. The Morgan fingerprint density at radius 2 is 1.83 bits per heavy atom. The molecule has 0 aliphatic rings. The van der Waals surface area contributed by atoms with Crippen molar-refractivity contribution in [3.63, 3.8) is 0 Å². The smallest absolute Gasteiger partial charge is 0.343 e. The number of hydrogen-bond acceptors (Lipinski definition) is 4. The molecule has 0 N–H and O–H groups in total. The first kappa shape index (κ1) is 17.7.